The number of pyridine rings is 2. The fourth-order valence-electron chi connectivity index (χ4n) is 8.67. The Morgan fingerprint density at radius 1 is 0.712 bits per heavy atom. The molecule has 0 aliphatic carbocycles. The van der Waals surface area contributed by atoms with Crippen molar-refractivity contribution in [3.05, 3.63) is 186 Å². The Hall–Kier alpha value is -5.92. The second-order valence-corrected chi connectivity index (χ2v) is 28.8. The summed E-state index contributed by atoms with van der Waals surface area (Å²) in [7, 11) is 0. The average Bonchev–Trinajstić information content (AvgIpc) is 3.92. The van der Waals surface area contributed by atoms with Crippen LogP contribution in [0.3, 0.4) is 0 Å². The number of rotatable bonds is 9. The standard InChI is InChI=1S/C42H34N3O.C17H22GeN.Ir/c1-26(2)34-24-30(28-14-7-5-8-15-28)25-35(27(3)4)39(34)45-37-23-22-36(29-16-9-6-10-17-29)43-41(37)44-42(45)33-20-13-19-32-31-18-11-12-21-38(31)46-40(32)33;1-6-14-11-17(15-9-7-13(2)8-10-15)19-12-16(14)18(3,4)5;/h5-19,21-27H,1-4H3;7-9,11-12H,6H2,1-5H3;/q2*-1;/i;2D3,6D;. The van der Waals surface area contributed by atoms with E-state index in [-0.39, 0.29) is 43.9 Å². The third-order valence-electron chi connectivity index (χ3n) is 12.0. The number of nitrogens with zero attached hydrogens (tertiary/aromatic N) is 4. The van der Waals surface area contributed by atoms with Crippen LogP contribution in [0.4, 0.5) is 0 Å². The van der Waals surface area contributed by atoms with Crippen molar-refractivity contribution >= 4 is 50.8 Å². The van der Waals surface area contributed by atoms with Crippen LogP contribution in [0, 0.1) is 19.0 Å². The van der Waals surface area contributed by atoms with E-state index in [1.54, 1.807) is 12.1 Å². The van der Waals surface area contributed by atoms with Crippen molar-refractivity contribution in [3.63, 3.8) is 0 Å². The first kappa shape index (κ1) is 41.5. The van der Waals surface area contributed by atoms with E-state index in [0.717, 1.165) is 72.6 Å². The molecule has 10 rings (SSSR count). The van der Waals surface area contributed by atoms with Crippen LogP contribution >= 0.6 is 0 Å². The van der Waals surface area contributed by atoms with Gasteiger partial charge < -0.3 is 8.98 Å². The zero-order valence-corrected chi connectivity index (χ0v) is 43.2. The van der Waals surface area contributed by atoms with E-state index in [4.69, 9.17) is 19.9 Å². The first-order chi connectivity index (χ1) is 33.0. The molecule has 0 fully saturated rings. The molecule has 0 saturated carbocycles. The van der Waals surface area contributed by atoms with Crippen LogP contribution in [0.2, 0.25) is 17.3 Å². The molecule has 333 valence electrons. The molecule has 1 atom stereocenters. The first-order valence-corrected chi connectivity index (χ1v) is 29.8. The number of aryl methyl sites for hydroxylation is 2. The van der Waals surface area contributed by atoms with Crippen molar-refractivity contribution in [2.75, 3.05) is 0 Å². The zero-order valence-electron chi connectivity index (χ0n) is 42.7. The minimum absolute atomic E-state index is 0. The van der Waals surface area contributed by atoms with Gasteiger partial charge in [-0.1, -0.05) is 118 Å². The van der Waals surface area contributed by atoms with Gasteiger partial charge in [-0.25, -0.2) is 4.98 Å². The second-order valence-electron chi connectivity index (χ2n) is 18.2. The van der Waals surface area contributed by atoms with Gasteiger partial charge in [0.2, 0.25) is 0 Å². The maximum Gasteiger partial charge on any atom is 0 e. The summed E-state index contributed by atoms with van der Waals surface area (Å²) >= 11 is -2.09. The van der Waals surface area contributed by atoms with Crippen LogP contribution in [0.15, 0.2) is 156 Å². The van der Waals surface area contributed by atoms with Crippen LogP contribution in [-0.4, -0.2) is 32.8 Å². The monoisotopic (exact) mass is 1110 g/mol. The van der Waals surface area contributed by atoms with Crippen molar-refractivity contribution in [2.24, 2.45) is 0 Å². The minimum atomic E-state index is -2.12. The van der Waals surface area contributed by atoms with Crippen LogP contribution in [0.25, 0.3) is 83.8 Å². The van der Waals surface area contributed by atoms with Gasteiger partial charge >= 0.3 is 124 Å². The molecule has 0 aliphatic heterocycles. The Morgan fingerprint density at radius 2 is 1.39 bits per heavy atom. The molecule has 0 N–H and O–H groups in total. The molecule has 66 heavy (non-hydrogen) atoms. The van der Waals surface area contributed by atoms with Gasteiger partial charge in [0, 0.05) is 36.7 Å². The van der Waals surface area contributed by atoms with E-state index in [1.807, 2.05) is 55.6 Å². The summed E-state index contributed by atoms with van der Waals surface area (Å²) in [5.41, 5.74) is 14.9. The molecule has 5 nitrogen and oxygen atoms in total. The van der Waals surface area contributed by atoms with Gasteiger partial charge in [-0.05, 0) is 64.4 Å². The Balaban J connectivity index is 0.000000233. The smallest absolute Gasteiger partial charge is 0 e. The molecular formula is C59H56GeIrN4O-2. The Kier molecular flexibility index (Phi) is 12.3. The van der Waals surface area contributed by atoms with Crippen molar-refractivity contribution in [2.45, 2.75) is 77.0 Å². The number of para-hydroxylation sites is 1. The van der Waals surface area contributed by atoms with E-state index in [1.165, 1.54) is 32.7 Å². The van der Waals surface area contributed by atoms with Crippen molar-refractivity contribution in [1.82, 2.24) is 19.5 Å². The molecule has 0 spiro atoms. The van der Waals surface area contributed by atoms with Gasteiger partial charge in [0.1, 0.15) is 5.58 Å². The van der Waals surface area contributed by atoms with E-state index in [2.05, 4.69) is 152 Å². The summed E-state index contributed by atoms with van der Waals surface area (Å²) in [6.07, 6.45) is 1.60. The van der Waals surface area contributed by atoms with Gasteiger partial charge in [0.15, 0.2) is 5.65 Å². The van der Waals surface area contributed by atoms with Gasteiger partial charge in [-0.2, -0.15) is 0 Å². The Labute approximate surface area is 411 Å². The topological polar surface area (TPSA) is 56.7 Å². The van der Waals surface area contributed by atoms with E-state index >= 15 is 0 Å². The van der Waals surface area contributed by atoms with Gasteiger partial charge in [0.05, 0.1) is 22.6 Å². The van der Waals surface area contributed by atoms with Gasteiger partial charge in [-0.3, -0.25) is 4.98 Å². The summed E-state index contributed by atoms with van der Waals surface area (Å²) in [5.74, 6) is 8.15. The molecule has 10 aromatic rings. The molecule has 1 unspecified atom stereocenters. The number of furan rings is 1. The maximum atomic E-state index is 8.13. The molecule has 6 aromatic carbocycles. The third-order valence-corrected chi connectivity index (χ3v) is 16.3. The van der Waals surface area contributed by atoms with Crippen LogP contribution in [0.5, 0.6) is 0 Å². The van der Waals surface area contributed by atoms with Crippen molar-refractivity contribution in [1.29, 1.82) is 0 Å². The van der Waals surface area contributed by atoms with Crippen molar-refractivity contribution in [3.8, 4) is 50.7 Å². The molecule has 0 bridgehead atoms. The number of fused-ring (bicyclic) bond motifs is 4. The number of aromatic nitrogens is 4. The minimum Gasteiger partial charge on any atom is 0 e. The molecule has 1 radical (unpaired) electrons. The van der Waals surface area contributed by atoms with E-state index in [0.29, 0.717) is 5.65 Å². The Morgan fingerprint density at radius 3 is 2.03 bits per heavy atom. The normalized spacial score (nSPS) is 13.2. The summed E-state index contributed by atoms with van der Waals surface area (Å²) in [5, 5.41) is 2.13. The summed E-state index contributed by atoms with van der Waals surface area (Å²) in [6.45, 7) is 8.84. The fraction of sp³-hybridized carbons (Fsp3) is 0.203. The summed E-state index contributed by atoms with van der Waals surface area (Å²) < 4.78 is 40.5. The van der Waals surface area contributed by atoms with E-state index in [9.17, 15) is 0 Å². The average molecular weight is 1110 g/mol. The van der Waals surface area contributed by atoms with Gasteiger partial charge in [-0.15, -0.1) is 18.2 Å². The molecular weight excluding hydrogens is 1050 g/mol. The molecule has 0 aliphatic rings. The number of hydrogen-bond acceptors (Lipinski definition) is 4. The first-order valence-electron chi connectivity index (χ1n) is 24.5. The van der Waals surface area contributed by atoms with Crippen LogP contribution in [0.1, 0.15) is 74.2 Å². The number of hydrogen-bond donors (Lipinski definition) is 0. The number of imidazole rings is 1. The summed E-state index contributed by atoms with van der Waals surface area (Å²) in [6, 6.07) is 55.5. The maximum absolute atomic E-state index is 8.13. The molecule has 0 saturated heterocycles. The molecule has 0 amide bonds. The SMILES string of the molecule is CC(C)c1cc(-c2ccccc2)cc(C(C)C)c1-n1c(-c2[c-]ccc3c2oc2ccccc23)nc2nc(-c3ccccc3)ccc21.[2H]C(C)c1cc(-c2[c-]cc(C([2H])([2H])[2H])cc2)nc[c]1[Ge]([CH3])([CH3])[CH3].[Ir]. The third kappa shape index (κ3) is 9.24. The quantitative estimate of drug-likeness (QED) is 0.107. The molecule has 4 aromatic heterocycles. The van der Waals surface area contributed by atoms with Gasteiger partial charge in [0.25, 0.3) is 0 Å². The summed E-state index contributed by atoms with van der Waals surface area (Å²) in [4.78, 5) is 15.0. The Bertz CT molecular complexity index is 3420. The fourth-order valence-corrected chi connectivity index (χ4v) is 11.9. The van der Waals surface area contributed by atoms with E-state index < -0.39 is 20.1 Å². The van der Waals surface area contributed by atoms with Crippen LogP contribution in [-0.2, 0) is 26.5 Å². The second kappa shape index (κ2) is 19.5. The van der Waals surface area contributed by atoms with Crippen LogP contribution < -0.4 is 4.40 Å². The zero-order chi connectivity index (χ0) is 48.8. The predicted molar refractivity (Wildman–Crippen MR) is 275 cm³/mol. The van der Waals surface area contributed by atoms with Crippen molar-refractivity contribution < 1.29 is 30.0 Å². The molecule has 4 heterocycles. The predicted octanol–water partition coefficient (Wildman–Crippen LogP) is 15.3. The largest absolute Gasteiger partial charge is 0 e. The number of benzene rings is 6. The molecule has 7 heteroatoms.